The normalized spacial score (nSPS) is 10.3. The van der Waals surface area contributed by atoms with E-state index < -0.39 is 5.97 Å². The lowest BCUT2D eigenvalue weighted by Gasteiger charge is -1.98. The molecule has 0 bridgehead atoms. The van der Waals surface area contributed by atoms with Crippen LogP contribution in [0.1, 0.15) is 20.2 Å². The Balaban J connectivity index is 1.97. The molecule has 4 nitrogen and oxygen atoms in total. The molecule has 2 rings (SSSR count). The fourth-order valence-electron chi connectivity index (χ4n) is 1.20. The molecule has 0 atom stereocenters. The third-order valence-corrected chi connectivity index (χ3v) is 3.73. The molecular formula is C10H10N2O2S2. The van der Waals surface area contributed by atoms with E-state index in [2.05, 4.69) is 29.4 Å². The second-order valence-corrected chi connectivity index (χ2v) is 5.44. The molecule has 16 heavy (non-hydrogen) atoms. The van der Waals surface area contributed by atoms with Crippen LogP contribution in [0.5, 0.6) is 0 Å². The standard InChI is InChI=1S/C10H10N2O2S2/c1-6-2-3-7(16-6)4-11-10-12-8(5-15-10)9(13)14/h2-3,5H,4H2,1H3,(H,11,12)(H,13,14). The number of thiophene rings is 1. The highest BCUT2D eigenvalue weighted by Crippen LogP contribution is 2.19. The van der Waals surface area contributed by atoms with Gasteiger partial charge in [0.15, 0.2) is 10.8 Å². The summed E-state index contributed by atoms with van der Waals surface area (Å²) in [7, 11) is 0. The van der Waals surface area contributed by atoms with E-state index in [1.54, 1.807) is 11.3 Å². The van der Waals surface area contributed by atoms with E-state index in [1.807, 2.05) is 0 Å². The lowest BCUT2D eigenvalue weighted by molar-refractivity contribution is 0.0691. The van der Waals surface area contributed by atoms with Crippen molar-refractivity contribution in [3.05, 3.63) is 33.0 Å². The summed E-state index contributed by atoms with van der Waals surface area (Å²) in [5, 5.41) is 14.0. The Labute approximate surface area is 101 Å². The first-order valence-electron chi connectivity index (χ1n) is 4.63. The van der Waals surface area contributed by atoms with E-state index in [1.165, 1.54) is 26.5 Å². The molecule has 0 saturated heterocycles. The number of anilines is 1. The number of nitrogens with zero attached hydrogens (tertiary/aromatic N) is 1. The minimum atomic E-state index is -0.990. The number of thiazole rings is 1. The van der Waals surface area contributed by atoms with Crippen LogP contribution in [0.3, 0.4) is 0 Å². The summed E-state index contributed by atoms with van der Waals surface area (Å²) >= 11 is 3.02. The molecule has 0 aliphatic carbocycles. The molecule has 2 heterocycles. The molecule has 0 aliphatic heterocycles. The Kier molecular flexibility index (Phi) is 3.21. The van der Waals surface area contributed by atoms with Crippen molar-refractivity contribution in [2.75, 3.05) is 5.32 Å². The van der Waals surface area contributed by atoms with Gasteiger partial charge in [-0.05, 0) is 19.1 Å². The van der Waals surface area contributed by atoms with Crippen molar-refractivity contribution in [2.45, 2.75) is 13.5 Å². The van der Waals surface area contributed by atoms with E-state index in [-0.39, 0.29) is 5.69 Å². The Hall–Kier alpha value is -1.40. The number of aromatic nitrogens is 1. The maximum Gasteiger partial charge on any atom is 0.355 e. The average Bonchev–Trinajstić information content (AvgIpc) is 2.83. The van der Waals surface area contributed by atoms with Gasteiger partial charge >= 0.3 is 5.97 Å². The maximum absolute atomic E-state index is 10.6. The highest BCUT2D eigenvalue weighted by atomic mass is 32.1. The summed E-state index contributed by atoms with van der Waals surface area (Å²) in [4.78, 5) is 17.0. The summed E-state index contributed by atoms with van der Waals surface area (Å²) in [6.07, 6.45) is 0. The van der Waals surface area contributed by atoms with Gasteiger partial charge in [0.25, 0.3) is 0 Å². The van der Waals surface area contributed by atoms with Crippen LogP contribution in [0.2, 0.25) is 0 Å². The third-order valence-electron chi connectivity index (χ3n) is 1.93. The lowest BCUT2D eigenvalue weighted by Crippen LogP contribution is -1.99. The van der Waals surface area contributed by atoms with E-state index in [0.717, 1.165) is 0 Å². The van der Waals surface area contributed by atoms with Gasteiger partial charge in [-0.25, -0.2) is 9.78 Å². The van der Waals surface area contributed by atoms with E-state index in [4.69, 9.17) is 5.11 Å². The van der Waals surface area contributed by atoms with Gasteiger partial charge in [0, 0.05) is 15.1 Å². The SMILES string of the molecule is Cc1ccc(CNc2nc(C(=O)O)cs2)s1. The largest absolute Gasteiger partial charge is 0.476 e. The minimum Gasteiger partial charge on any atom is -0.476 e. The quantitative estimate of drug-likeness (QED) is 0.880. The molecule has 2 aromatic heterocycles. The second-order valence-electron chi connectivity index (χ2n) is 3.21. The Morgan fingerprint density at radius 2 is 2.38 bits per heavy atom. The Morgan fingerprint density at radius 1 is 1.56 bits per heavy atom. The molecule has 0 amide bonds. The van der Waals surface area contributed by atoms with Crippen molar-refractivity contribution in [3.8, 4) is 0 Å². The van der Waals surface area contributed by atoms with Crippen molar-refractivity contribution in [1.82, 2.24) is 4.98 Å². The maximum atomic E-state index is 10.6. The van der Waals surface area contributed by atoms with Crippen LogP contribution in [0, 0.1) is 6.92 Å². The van der Waals surface area contributed by atoms with Crippen molar-refractivity contribution >= 4 is 33.8 Å². The van der Waals surface area contributed by atoms with Crippen molar-refractivity contribution < 1.29 is 9.90 Å². The molecule has 0 aromatic carbocycles. The predicted molar refractivity (Wildman–Crippen MR) is 65.5 cm³/mol. The van der Waals surface area contributed by atoms with E-state index in [0.29, 0.717) is 11.7 Å². The number of carboxylic acid groups (broad SMARTS) is 1. The molecule has 0 radical (unpaired) electrons. The fourth-order valence-corrected chi connectivity index (χ4v) is 2.71. The molecule has 0 spiro atoms. The van der Waals surface area contributed by atoms with Crippen LogP contribution in [0.4, 0.5) is 5.13 Å². The van der Waals surface area contributed by atoms with Crippen molar-refractivity contribution in [2.24, 2.45) is 0 Å². The number of nitrogens with one attached hydrogen (secondary N) is 1. The van der Waals surface area contributed by atoms with Crippen molar-refractivity contribution in [3.63, 3.8) is 0 Å². The number of carboxylic acids is 1. The number of aryl methyl sites for hydroxylation is 1. The topological polar surface area (TPSA) is 62.2 Å². The fraction of sp³-hybridized carbons (Fsp3) is 0.200. The first-order valence-corrected chi connectivity index (χ1v) is 6.33. The molecule has 2 N–H and O–H groups in total. The number of hydrogen-bond donors (Lipinski definition) is 2. The Morgan fingerprint density at radius 3 is 2.94 bits per heavy atom. The van der Waals surface area contributed by atoms with Gasteiger partial charge in [-0.15, -0.1) is 22.7 Å². The molecule has 2 aromatic rings. The molecule has 0 saturated carbocycles. The monoisotopic (exact) mass is 254 g/mol. The minimum absolute atomic E-state index is 0.0925. The van der Waals surface area contributed by atoms with E-state index in [9.17, 15) is 4.79 Å². The molecule has 0 unspecified atom stereocenters. The summed E-state index contributed by atoms with van der Waals surface area (Å²) in [6.45, 7) is 2.74. The van der Waals surface area contributed by atoms with Gasteiger partial charge in [-0.1, -0.05) is 0 Å². The van der Waals surface area contributed by atoms with Gasteiger partial charge < -0.3 is 10.4 Å². The smallest absolute Gasteiger partial charge is 0.355 e. The Bertz CT molecular complexity index is 504. The molecule has 0 aliphatic rings. The number of carbonyl (C=O) groups is 1. The number of hydrogen-bond acceptors (Lipinski definition) is 5. The molecule has 84 valence electrons. The highest BCUT2D eigenvalue weighted by molar-refractivity contribution is 7.14. The third kappa shape index (κ3) is 2.59. The summed E-state index contributed by atoms with van der Waals surface area (Å²) < 4.78 is 0. The van der Waals surface area contributed by atoms with Crippen LogP contribution in [0.15, 0.2) is 17.5 Å². The number of rotatable bonds is 4. The van der Waals surface area contributed by atoms with Crippen LogP contribution in [0.25, 0.3) is 0 Å². The summed E-state index contributed by atoms with van der Waals surface area (Å²) in [5.74, 6) is -0.990. The van der Waals surface area contributed by atoms with Gasteiger partial charge in [0.2, 0.25) is 0 Å². The zero-order chi connectivity index (χ0) is 11.5. The molecule has 6 heteroatoms. The molecular weight excluding hydrogens is 244 g/mol. The van der Waals surface area contributed by atoms with Crippen LogP contribution >= 0.6 is 22.7 Å². The summed E-state index contributed by atoms with van der Waals surface area (Å²) in [6, 6.07) is 4.12. The number of aromatic carboxylic acids is 1. The zero-order valence-electron chi connectivity index (χ0n) is 8.56. The van der Waals surface area contributed by atoms with Gasteiger partial charge in [-0.2, -0.15) is 0 Å². The average molecular weight is 254 g/mol. The van der Waals surface area contributed by atoms with Crippen LogP contribution in [-0.2, 0) is 6.54 Å². The van der Waals surface area contributed by atoms with Crippen molar-refractivity contribution in [1.29, 1.82) is 0 Å². The zero-order valence-corrected chi connectivity index (χ0v) is 10.2. The summed E-state index contributed by atoms with van der Waals surface area (Å²) in [5.41, 5.74) is 0.0925. The lowest BCUT2D eigenvalue weighted by atomic mass is 10.4. The van der Waals surface area contributed by atoms with Gasteiger partial charge in [0.1, 0.15) is 0 Å². The highest BCUT2D eigenvalue weighted by Gasteiger charge is 2.08. The van der Waals surface area contributed by atoms with E-state index >= 15 is 0 Å². The van der Waals surface area contributed by atoms with Gasteiger partial charge in [0.05, 0.1) is 6.54 Å². The van der Waals surface area contributed by atoms with Crippen LogP contribution in [-0.4, -0.2) is 16.1 Å². The second kappa shape index (κ2) is 4.63. The molecule has 0 fully saturated rings. The first-order chi connectivity index (χ1) is 7.65. The van der Waals surface area contributed by atoms with Gasteiger partial charge in [-0.3, -0.25) is 0 Å². The first kappa shape index (κ1) is 11.1. The predicted octanol–water partition coefficient (Wildman–Crippen LogP) is 2.82. The van der Waals surface area contributed by atoms with Crippen LogP contribution < -0.4 is 5.32 Å².